The van der Waals surface area contributed by atoms with Gasteiger partial charge in [0.25, 0.3) is 0 Å². The molecule has 0 aromatic heterocycles. The maximum absolute atomic E-state index is 11.5. The molecule has 0 aliphatic rings. The molecule has 0 saturated carbocycles. The number of carbonyl (C=O) groups excluding carboxylic acids is 1. The lowest BCUT2D eigenvalue weighted by molar-refractivity contribution is -0.137. The number of carboxylic acid groups (broad SMARTS) is 1. The standard InChI is InChI=1S/C12H24N2O4/c1-3-9(4-5-11(15)16)6-7-14-12(17)10(13)8-18-2/h9-10H,3-8,13H2,1-2H3,(H,14,17)(H,15,16). The van der Waals surface area contributed by atoms with Gasteiger partial charge >= 0.3 is 5.97 Å². The maximum Gasteiger partial charge on any atom is 0.303 e. The fourth-order valence-electron chi connectivity index (χ4n) is 1.67. The highest BCUT2D eigenvalue weighted by Gasteiger charge is 2.13. The van der Waals surface area contributed by atoms with Gasteiger partial charge in [0.2, 0.25) is 5.91 Å². The van der Waals surface area contributed by atoms with Crippen LogP contribution in [0.3, 0.4) is 0 Å². The summed E-state index contributed by atoms with van der Waals surface area (Å²) in [4.78, 5) is 21.9. The number of carbonyl (C=O) groups is 2. The van der Waals surface area contributed by atoms with Gasteiger partial charge in [0.05, 0.1) is 6.61 Å². The molecule has 18 heavy (non-hydrogen) atoms. The van der Waals surface area contributed by atoms with Crippen molar-refractivity contribution in [1.82, 2.24) is 5.32 Å². The van der Waals surface area contributed by atoms with Crippen molar-refractivity contribution in [2.45, 2.75) is 38.6 Å². The van der Waals surface area contributed by atoms with Crippen molar-refractivity contribution in [2.24, 2.45) is 11.7 Å². The summed E-state index contributed by atoms with van der Waals surface area (Å²) in [5, 5.41) is 11.3. The molecule has 106 valence electrons. The molecule has 0 heterocycles. The largest absolute Gasteiger partial charge is 0.481 e. The number of aliphatic carboxylic acids is 1. The van der Waals surface area contributed by atoms with E-state index in [4.69, 9.17) is 15.6 Å². The number of nitrogens with two attached hydrogens (primary N) is 1. The molecular formula is C12H24N2O4. The van der Waals surface area contributed by atoms with Crippen LogP contribution in [0.2, 0.25) is 0 Å². The molecule has 0 bridgehead atoms. The lowest BCUT2D eigenvalue weighted by atomic mass is 9.96. The van der Waals surface area contributed by atoms with Crippen LogP contribution < -0.4 is 11.1 Å². The Hall–Kier alpha value is -1.14. The van der Waals surface area contributed by atoms with Crippen LogP contribution in [0.1, 0.15) is 32.6 Å². The van der Waals surface area contributed by atoms with Crippen molar-refractivity contribution in [3.8, 4) is 0 Å². The van der Waals surface area contributed by atoms with Gasteiger partial charge in [-0.2, -0.15) is 0 Å². The third-order valence-corrected chi connectivity index (χ3v) is 2.88. The first-order valence-corrected chi connectivity index (χ1v) is 6.25. The van der Waals surface area contributed by atoms with Crippen LogP contribution in [0.4, 0.5) is 0 Å². The highest BCUT2D eigenvalue weighted by molar-refractivity contribution is 5.81. The molecule has 6 nitrogen and oxygen atoms in total. The number of ether oxygens (including phenoxy) is 1. The Morgan fingerprint density at radius 1 is 1.39 bits per heavy atom. The summed E-state index contributed by atoms with van der Waals surface area (Å²) >= 11 is 0. The molecular weight excluding hydrogens is 236 g/mol. The third kappa shape index (κ3) is 8.03. The van der Waals surface area contributed by atoms with E-state index in [2.05, 4.69) is 5.32 Å². The predicted molar refractivity (Wildman–Crippen MR) is 68.1 cm³/mol. The summed E-state index contributed by atoms with van der Waals surface area (Å²) in [6, 6.07) is -0.644. The summed E-state index contributed by atoms with van der Waals surface area (Å²) in [7, 11) is 1.49. The SMILES string of the molecule is CCC(CCNC(=O)C(N)COC)CCC(=O)O. The first kappa shape index (κ1) is 16.9. The lowest BCUT2D eigenvalue weighted by Crippen LogP contribution is -2.43. The molecule has 0 fully saturated rings. The molecule has 6 heteroatoms. The van der Waals surface area contributed by atoms with E-state index < -0.39 is 12.0 Å². The molecule has 0 saturated heterocycles. The second-order valence-corrected chi connectivity index (χ2v) is 4.35. The van der Waals surface area contributed by atoms with Crippen molar-refractivity contribution in [3.63, 3.8) is 0 Å². The lowest BCUT2D eigenvalue weighted by Gasteiger charge is -2.15. The minimum absolute atomic E-state index is 0.176. The Morgan fingerprint density at radius 3 is 2.56 bits per heavy atom. The van der Waals surface area contributed by atoms with Gasteiger partial charge in [0.15, 0.2) is 0 Å². The molecule has 0 aliphatic heterocycles. The van der Waals surface area contributed by atoms with Crippen LogP contribution >= 0.6 is 0 Å². The number of hydrogen-bond donors (Lipinski definition) is 3. The second-order valence-electron chi connectivity index (χ2n) is 4.35. The zero-order valence-electron chi connectivity index (χ0n) is 11.1. The zero-order valence-corrected chi connectivity index (χ0v) is 11.1. The highest BCUT2D eigenvalue weighted by Crippen LogP contribution is 2.14. The molecule has 0 aromatic rings. The Bertz CT molecular complexity index is 258. The van der Waals surface area contributed by atoms with E-state index in [0.29, 0.717) is 18.9 Å². The number of hydrogen-bond acceptors (Lipinski definition) is 4. The average Bonchev–Trinajstić information content (AvgIpc) is 2.33. The molecule has 2 unspecified atom stereocenters. The topological polar surface area (TPSA) is 102 Å². The molecule has 0 aliphatic carbocycles. The maximum atomic E-state index is 11.5. The van der Waals surface area contributed by atoms with Gasteiger partial charge in [0.1, 0.15) is 6.04 Å². The van der Waals surface area contributed by atoms with E-state index in [9.17, 15) is 9.59 Å². The quantitative estimate of drug-likeness (QED) is 0.526. The summed E-state index contributed by atoms with van der Waals surface area (Å²) in [5.74, 6) is -0.690. The van der Waals surface area contributed by atoms with E-state index in [1.807, 2.05) is 6.92 Å². The number of amides is 1. The number of methoxy groups -OCH3 is 1. The van der Waals surface area contributed by atoms with Crippen LogP contribution in [0.5, 0.6) is 0 Å². The summed E-state index contributed by atoms with van der Waals surface area (Å²) in [5.41, 5.74) is 5.56. The Morgan fingerprint density at radius 2 is 2.06 bits per heavy atom. The number of carboxylic acids is 1. The highest BCUT2D eigenvalue weighted by atomic mass is 16.5. The van der Waals surface area contributed by atoms with Crippen molar-refractivity contribution in [1.29, 1.82) is 0 Å². The zero-order chi connectivity index (χ0) is 14.0. The van der Waals surface area contributed by atoms with Gasteiger partial charge in [-0.3, -0.25) is 9.59 Å². The van der Waals surface area contributed by atoms with Gasteiger partial charge in [-0.05, 0) is 18.8 Å². The van der Waals surface area contributed by atoms with Gasteiger partial charge in [-0.15, -0.1) is 0 Å². The van der Waals surface area contributed by atoms with E-state index in [1.165, 1.54) is 7.11 Å². The number of nitrogens with one attached hydrogen (secondary N) is 1. The Labute approximate surface area is 108 Å². The van der Waals surface area contributed by atoms with Crippen LogP contribution in [0.15, 0.2) is 0 Å². The fourth-order valence-corrected chi connectivity index (χ4v) is 1.67. The fraction of sp³-hybridized carbons (Fsp3) is 0.833. The van der Waals surface area contributed by atoms with E-state index in [0.717, 1.165) is 12.8 Å². The first-order chi connectivity index (χ1) is 8.51. The summed E-state index contributed by atoms with van der Waals surface area (Å²) in [6.07, 6.45) is 2.50. The van der Waals surface area contributed by atoms with Gasteiger partial charge in [-0.25, -0.2) is 0 Å². The van der Waals surface area contributed by atoms with Crippen molar-refractivity contribution >= 4 is 11.9 Å². The predicted octanol–water partition coefficient (Wildman–Crippen LogP) is 0.357. The van der Waals surface area contributed by atoms with Gasteiger partial charge < -0.3 is 20.9 Å². The third-order valence-electron chi connectivity index (χ3n) is 2.88. The van der Waals surface area contributed by atoms with Crippen molar-refractivity contribution in [2.75, 3.05) is 20.3 Å². The first-order valence-electron chi connectivity index (χ1n) is 6.25. The van der Waals surface area contributed by atoms with Crippen LogP contribution in [-0.4, -0.2) is 43.3 Å². The Kier molecular flexibility index (Phi) is 9.22. The normalized spacial score (nSPS) is 13.9. The summed E-state index contributed by atoms with van der Waals surface area (Å²) < 4.78 is 4.79. The van der Waals surface area contributed by atoms with Gasteiger partial charge in [0, 0.05) is 20.1 Å². The molecule has 1 amide bonds. The van der Waals surface area contributed by atoms with Gasteiger partial charge in [-0.1, -0.05) is 13.3 Å². The van der Waals surface area contributed by atoms with E-state index >= 15 is 0 Å². The van der Waals surface area contributed by atoms with E-state index in [1.54, 1.807) is 0 Å². The molecule has 4 N–H and O–H groups in total. The van der Waals surface area contributed by atoms with Crippen LogP contribution in [0, 0.1) is 5.92 Å². The Balaban J connectivity index is 3.79. The van der Waals surface area contributed by atoms with Crippen molar-refractivity contribution in [3.05, 3.63) is 0 Å². The van der Waals surface area contributed by atoms with E-state index in [-0.39, 0.29) is 18.9 Å². The molecule has 0 rings (SSSR count). The molecule has 2 atom stereocenters. The minimum Gasteiger partial charge on any atom is -0.481 e. The summed E-state index contributed by atoms with van der Waals surface area (Å²) in [6.45, 7) is 2.74. The van der Waals surface area contributed by atoms with Crippen LogP contribution in [0.25, 0.3) is 0 Å². The molecule has 0 spiro atoms. The second kappa shape index (κ2) is 9.85. The minimum atomic E-state index is -0.778. The molecule has 0 radical (unpaired) electrons. The smallest absolute Gasteiger partial charge is 0.303 e. The average molecular weight is 260 g/mol. The molecule has 0 aromatic carbocycles. The van der Waals surface area contributed by atoms with Crippen LogP contribution in [-0.2, 0) is 14.3 Å². The van der Waals surface area contributed by atoms with Crippen molar-refractivity contribution < 1.29 is 19.4 Å². The monoisotopic (exact) mass is 260 g/mol. The number of rotatable bonds is 10.